The van der Waals surface area contributed by atoms with Crippen LogP contribution in [-0.4, -0.2) is 40.5 Å². The molecular weight excluding hydrogens is 412 g/mol. The SMILES string of the molecule is Cc1cc2ncc(C=NN(C)S(=O)(=O)c3ccccc3C#N)n2cc1-c1cccnc1. The van der Waals surface area contributed by atoms with Crippen molar-refractivity contribution in [3.63, 3.8) is 0 Å². The second-order valence-corrected chi connectivity index (χ2v) is 8.73. The van der Waals surface area contributed by atoms with Gasteiger partial charge in [-0.25, -0.2) is 4.98 Å². The number of aryl methyl sites for hydroxylation is 1. The summed E-state index contributed by atoms with van der Waals surface area (Å²) in [5.74, 6) is 0. The van der Waals surface area contributed by atoms with Crippen LogP contribution in [0.3, 0.4) is 0 Å². The van der Waals surface area contributed by atoms with Crippen LogP contribution in [0.5, 0.6) is 0 Å². The molecule has 0 aliphatic carbocycles. The molecule has 0 N–H and O–H groups in total. The maximum atomic E-state index is 12.9. The highest BCUT2D eigenvalue weighted by Gasteiger charge is 2.22. The van der Waals surface area contributed by atoms with E-state index in [2.05, 4.69) is 15.1 Å². The molecule has 0 spiro atoms. The Kier molecular flexibility index (Phi) is 5.23. The first-order valence-corrected chi connectivity index (χ1v) is 10.8. The zero-order chi connectivity index (χ0) is 22.0. The summed E-state index contributed by atoms with van der Waals surface area (Å²) in [5, 5.41) is 13.3. The van der Waals surface area contributed by atoms with Gasteiger partial charge in [-0.2, -0.15) is 23.2 Å². The summed E-state index contributed by atoms with van der Waals surface area (Å²) in [4.78, 5) is 8.47. The van der Waals surface area contributed by atoms with Crippen molar-refractivity contribution in [2.24, 2.45) is 5.10 Å². The van der Waals surface area contributed by atoms with Gasteiger partial charge in [0, 0.05) is 36.8 Å². The first-order valence-electron chi connectivity index (χ1n) is 9.32. The van der Waals surface area contributed by atoms with Crippen molar-refractivity contribution in [1.29, 1.82) is 5.26 Å². The largest absolute Gasteiger partial charge is 0.298 e. The average molecular weight is 430 g/mol. The summed E-state index contributed by atoms with van der Waals surface area (Å²) < 4.78 is 28.4. The van der Waals surface area contributed by atoms with Gasteiger partial charge in [-0.15, -0.1) is 0 Å². The fourth-order valence-electron chi connectivity index (χ4n) is 3.19. The molecule has 154 valence electrons. The number of aromatic nitrogens is 3. The third-order valence-electron chi connectivity index (χ3n) is 4.84. The number of rotatable bonds is 5. The average Bonchev–Trinajstić information content (AvgIpc) is 3.18. The zero-order valence-electron chi connectivity index (χ0n) is 16.8. The molecule has 1 aromatic carbocycles. The van der Waals surface area contributed by atoms with Gasteiger partial charge in [0.25, 0.3) is 10.0 Å². The van der Waals surface area contributed by atoms with E-state index in [-0.39, 0.29) is 10.5 Å². The van der Waals surface area contributed by atoms with Gasteiger partial charge < -0.3 is 0 Å². The van der Waals surface area contributed by atoms with E-state index >= 15 is 0 Å². The Balaban J connectivity index is 1.71. The highest BCUT2D eigenvalue weighted by Crippen LogP contribution is 2.24. The van der Waals surface area contributed by atoms with Gasteiger partial charge in [0.15, 0.2) is 0 Å². The van der Waals surface area contributed by atoms with Crippen molar-refractivity contribution in [3.8, 4) is 17.2 Å². The molecule has 0 atom stereocenters. The standard InChI is InChI=1S/C22H18N6O2S/c1-16-10-22-25-13-19(28(22)15-20(16)18-7-5-9-24-12-18)14-26-27(2)31(29,30)21-8-4-3-6-17(21)11-23/h3-10,12-15H,1-2H3. The monoisotopic (exact) mass is 430 g/mol. The van der Waals surface area contributed by atoms with Crippen LogP contribution >= 0.6 is 0 Å². The highest BCUT2D eigenvalue weighted by molar-refractivity contribution is 7.89. The molecule has 9 heteroatoms. The second-order valence-electron chi connectivity index (χ2n) is 6.81. The Morgan fingerprint density at radius 2 is 2.00 bits per heavy atom. The van der Waals surface area contributed by atoms with Crippen LogP contribution in [0.15, 0.2) is 77.2 Å². The van der Waals surface area contributed by atoms with Crippen molar-refractivity contribution < 1.29 is 8.42 Å². The third-order valence-corrected chi connectivity index (χ3v) is 6.54. The molecule has 0 radical (unpaired) electrons. The van der Waals surface area contributed by atoms with Crippen LogP contribution in [0, 0.1) is 18.3 Å². The minimum absolute atomic E-state index is 0.0657. The van der Waals surface area contributed by atoms with Crippen LogP contribution in [0.25, 0.3) is 16.8 Å². The summed E-state index contributed by atoms with van der Waals surface area (Å²) >= 11 is 0. The fraction of sp³-hybridized carbons (Fsp3) is 0.0909. The summed E-state index contributed by atoms with van der Waals surface area (Å²) in [6.07, 6.45) is 8.47. The predicted molar refractivity (Wildman–Crippen MR) is 117 cm³/mol. The van der Waals surface area contributed by atoms with E-state index < -0.39 is 10.0 Å². The van der Waals surface area contributed by atoms with Gasteiger partial charge in [-0.05, 0) is 36.8 Å². The number of imidazole rings is 1. The first-order chi connectivity index (χ1) is 14.9. The Bertz CT molecular complexity index is 1440. The van der Waals surface area contributed by atoms with Crippen LogP contribution in [0.2, 0.25) is 0 Å². The molecule has 3 heterocycles. The van der Waals surface area contributed by atoms with Crippen molar-refractivity contribution in [2.45, 2.75) is 11.8 Å². The molecular formula is C22H18N6O2S. The molecule has 3 aromatic heterocycles. The molecule has 0 bridgehead atoms. The van der Waals surface area contributed by atoms with Crippen LogP contribution in [0.1, 0.15) is 16.8 Å². The lowest BCUT2D eigenvalue weighted by atomic mass is 10.1. The Hall–Kier alpha value is -4.03. The fourth-order valence-corrected chi connectivity index (χ4v) is 4.29. The Morgan fingerprint density at radius 3 is 2.74 bits per heavy atom. The lowest BCUT2D eigenvalue weighted by molar-refractivity contribution is 0.490. The number of sulfonamides is 1. The van der Waals surface area contributed by atoms with Crippen LogP contribution in [0.4, 0.5) is 0 Å². The Morgan fingerprint density at radius 1 is 1.19 bits per heavy atom. The van der Waals surface area contributed by atoms with E-state index in [1.165, 1.54) is 25.4 Å². The normalized spacial score (nSPS) is 11.6. The quantitative estimate of drug-likeness (QED) is 0.357. The first kappa shape index (κ1) is 20.3. The minimum Gasteiger partial charge on any atom is -0.298 e. The maximum absolute atomic E-state index is 12.9. The van der Waals surface area contributed by atoms with Gasteiger partial charge in [0.05, 0.1) is 23.7 Å². The summed E-state index contributed by atoms with van der Waals surface area (Å²) in [6.45, 7) is 2.00. The molecule has 4 rings (SSSR count). The second kappa shape index (κ2) is 8.01. The smallest absolute Gasteiger partial charge is 0.280 e. The minimum atomic E-state index is -3.97. The van der Waals surface area contributed by atoms with E-state index in [0.29, 0.717) is 11.3 Å². The van der Waals surface area contributed by atoms with E-state index in [1.54, 1.807) is 30.7 Å². The van der Waals surface area contributed by atoms with Gasteiger partial charge in [-0.3, -0.25) is 9.38 Å². The van der Waals surface area contributed by atoms with Crippen LogP contribution in [-0.2, 0) is 10.0 Å². The van der Waals surface area contributed by atoms with E-state index in [0.717, 1.165) is 21.1 Å². The molecule has 0 amide bonds. The third kappa shape index (κ3) is 3.76. The number of hydrazone groups is 1. The molecule has 0 unspecified atom stereocenters. The van der Waals surface area contributed by atoms with Crippen molar-refractivity contribution in [2.75, 3.05) is 7.05 Å². The molecule has 8 nitrogen and oxygen atoms in total. The van der Waals surface area contributed by atoms with Crippen molar-refractivity contribution in [3.05, 3.63) is 84.1 Å². The summed E-state index contributed by atoms with van der Waals surface area (Å²) in [5.41, 5.74) is 4.38. The van der Waals surface area contributed by atoms with Crippen LogP contribution < -0.4 is 0 Å². The summed E-state index contributed by atoms with van der Waals surface area (Å²) in [7, 11) is -2.64. The molecule has 0 aliphatic heterocycles. The van der Waals surface area contributed by atoms with E-state index in [4.69, 9.17) is 0 Å². The maximum Gasteiger partial charge on any atom is 0.280 e. The highest BCUT2D eigenvalue weighted by atomic mass is 32.2. The number of fused-ring (bicyclic) bond motifs is 1. The Labute approximate surface area is 179 Å². The van der Waals surface area contributed by atoms with Gasteiger partial charge in [0.2, 0.25) is 0 Å². The number of nitriles is 1. The van der Waals surface area contributed by atoms with Gasteiger partial charge >= 0.3 is 0 Å². The number of hydrogen-bond acceptors (Lipinski definition) is 6. The topological polar surface area (TPSA) is 104 Å². The molecule has 4 aromatic rings. The predicted octanol–water partition coefficient (Wildman–Crippen LogP) is 3.23. The van der Waals surface area contributed by atoms with E-state index in [1.807, 2.05) is 41.8 Å². The van der Waals surface area contributed by atoms with Gasteiger partial charge in [-0.1, -0.05) is 18.2 Å². The number of benzene rings is 1. The molecule has 0 aliphatic rings. The number of nitrogens with zero attached hydrogens (tertiary/aromatic N) is 6. The lowest BCUT2D eigenvalue weighted by Gasteiger charge is -2.14. The molecule has 0 fully saturated rings. The lowest BCUT2D eigenvalue weighted by Crippen LogP contribution is -2.22. The number of pyridine rings is 2. The molecule has 31 heavy (non-hydrogen) atoms. The zero-order valence-corrected chi connectivity index (χ0v) is 17.7. The molecule has 0 saturated heterocycles. The van der Waals surface area contributed by atoms with Crippen molar-refractivity contribution in [1.82, 2.24) is 18.8 Å². The van der Waals surface area contributed by atoms with Gasteiger partial charge in [0.1, 0.15) is 16.6 Å². The van der Waals surface area contributed by atoms with Crippen molar-refractivity contribution >= 4 is 21.9 Å². The number of hydrogen-bond donors (Lipinski definition) is 0. The van der Waals surface area contributed by atoms with E-state index in [9.17, 15) is 13.7 Å². The molecule has 0 saturated carbocycles. The summed E-state index contributed by atoms with van der Waals surface area (Å²) in [6, 6.07) is 13.7.